The van der Waals surface area contributed by atoms with E-state index in [2.05, 4.69) is 6.92 Å². The van der Waals surface area contributed by atoms with Crippen LogP contribution in [0.25, 0.3) is 0 Å². The maximum absolute atomic E-state index is 13.4. The third-order valence-electron chi connectivity index (χ3n) is 4.22. The summed E-state index contributed by atoms with van der Waals surface area (Å²) in [5.74, 6) is 1.08. The van der Waals surface area contributed by atoms with Gasteiger partial charge < -0.3 is 5.73 Å². The van der Waals surface area contributed by atoms with E-state index in [0.717, 1.165) is 17.9 Å². The summed E-state index contributed by atoms with van der Waals surface area (Å²) in [6, 6.07) is 5.14. The molecule has 18 heavy (non-hydrogen) atoms. The third kappa shape index (κ3) is 3.24. The van der Waals surface area contributed by atoms with Crippen LogP contribution in [0, 0.1) is 17.7 Å². The first-order chi connectivity index (χ1) is 8.60. The van der Waals surface area contributed by atoms with Crippen molar-refractivity contribution in [3.8, 4) is 0 Å². The molecule has 1 aliphatic rings. The van der Waals surface area contributed by atoms with E-state index in [-0.39, 0.29) is 16.9 Å². The molecule has 1 nitrogen and oxygen atoms in total. The Morgan fingerprint density at radius 1 is 1.44 bits per heavy atom. The van der Waals surface area contributed by atoms with Gasteiger partial charge >= 0.3 is 0 Å². The minimum Gasteiger partial charge on any atom is -0.327 e. The highest BCUT2D eigenvalue weighted by molar-refractivity contribution is 6.30. The summed E-state index contributed by atoms with van der Waals surface area (Å²) in [6.07, 6.45) is 5.74. The van der Waals surface area contributed by atoms with E-state index in [4.69, 9.17) is 17.3 Å². The number of rotatable bonds is 4. The van der Waals surface area contributed by atoms with Crippen LogP contribution in [0.1, 0.15) is 38.2 Å². The fraction of sp³-hybridized carbons (Fsp3) is 0.600. The molecule has 1 fully saturated rings. The van der Waals surface area contributed by atoms with Crippen LogP contribution < -0.4 is 5.73 Å². The SMILES string of the molecule is CCC1CCC(C(N)Cc2ccc(Cl)c(F)c2)C1. The van der Waals surface area contributed by atoms with Crippen molar-refractivity contribution in [2.45, 2.75) is 45.1 Å². The molecule has 2 rings (SSSR count). The Morgan fingerprint density at radius 3 is 2.83 bits per heavy atom. The lowest BCUT2D eigenvalue weighted by molar-refractivity contribution is 0.404. The van der Waals surface area contributed by atoms with Crippen molar-refractivity contribution >= 4 is 11.6 Å². The summed E-state index contributed by atoms with van der Waals surface area (Å²) in [5.41, 5.74) is 7.21. The molecule has 1 saturated carbocycles. The predicted molar refractivity (Wildman–Crippen MR) is 74.2 cm³/mol. The Kier molecular flexibility index (Phi) is 4.63. The molecule has 3 unspecified atom stereocenters. The summed E-state index contributed by atoms with van der Waals surface area (Å²) >= 11 is 5.68. The van der Waals surface area contributed by atoms with Gasteiger partial charge in [0.2, 0.25) is 0 Å². The average molecular weight is 270 g/mol. The first kappa shape index (κ1) is 13.8. The highest BCUT2D eigenvalue weighted by Gasteiger charge is 2.28. The zero-order valence-electron chi connectivity index (χ0n) is 10.8. The van der Waals surface area contributed by atoms with Gasteiger partial charge in [0.1, 0.15) is 5.82 Å². The Hall–Kier alpha value is -0.600. The lowest BCUT2D eigenvalue weighted by Gasteiger charge is -2.19. The van der Waals surface area contributed by atoms with Crippen molar-refractivity contribution in [2.75, 3.05) is 0 Å². The standard InChI is InChI=1S/C15H21ClFN/c1-2-10-3-5-12(7-10)15(18)9-11-4-6-13(16)14(17)8-11/h4,6,8,10,12,15H,2-3,5,7,9,18H2,1H3. The smallest absolute Gasteiger partial charge is 0.142 e. The Bertz CT molecular complexity index is 407. The second-order valence-corrected chi connectivity index (χ2v) is 5.87. The molecule has 100 valence electrons. The van der Waals surface area contributed by atoms with Crippen LogP contribution in [-0.2, 0) is 6.42 Å². The Balaban J connectivity index is 1.94. The molecule has 1 aromatic carbocycles. The molecule has 2 N–H and O–H groups in total. The fourth-order valence-electron chi connectivity index (χ4n) is 2.98. The highest BCUT2D eigenvalue weighted by atomic mass is 35.5. The Morgan fingerprint density at radius 2 is 2.22 bits per heavy atom. The molecule has 1 aromatic rings. The first-order valence-electron chi connectivity index (χ1n) is 6.79. The third-order valence-corrected chi connectivity index (χ3v) is 4.53. The molecule has 1 aliphatic carbocycles. The molecule has 0 heterocycles. The van der Waals surface area contributed by atoms with Gasteiger partial charge in [-0.05, 0) is 48.8 Å². The van der Waals surface area contributed by atoms with Gasteiger partial charge in [-0.3, -0.25) is 0 Å². The highest BCUT2D eigenvalue weighted by Crippen LogP contribution is 2.35. The number of hydrogen-bond acceptors (Lipinski definition) is 1. The largest absolute Gasteiger partial charge is 0.327 e. The topological polar surface area (TPSA) is 26.0 Å². The van der Waals surface area contributed by atoms with E-state index < -0.39 is 0 Å². The van der Waals surface area contributed by atoms with Crippen LogP contribution in [0.5, 0.6) is 0 Å². The molecule has 0 amide bonds. The molecule has 0 aromatic heterocycles. The monoisotopic (exact) mass is 269 g/mol. The van der Waals surface area contributed by atoms with E-state index in [9.17, 15) is 4.39 Å². The van der Waals surface area contributed by atoms with Crippen molar-refractivity contribution in [2.24, 2.45) is 17.6 Å². The van der Waals surface area contributed by atoms with Crippen molar-refractivity contribution in [3.05, 3.63) is 34.6 Å². The summed E-state index contributed by atoms with van der Waals surface area (Å²) in [5, 5.41) is 0.180. The van der Waals surface area contributed by atoms with Gasteiger partial charge in [-0.2, -0.15) is 0 Å². The number of benzene rings is 1. The predicted octanol–water partition coefficient (Wildman–Crippen LogP) is 4.18. The molecule has 0 radical (unpaired) electrons. The zero-order valence-corrected chi connectivity index (χ0v) is 11.6. The molecule has 0 bridgehead atoms. The van der Waals surface area contributed by atoms with Crippen LogP contribution in [-0.4, -0.2) is 6.04 Å². The van der Waals surface area contributed by atoms with Gasteiger partial charge in [0, 0.05) is 6.04 Å². The molecular weight excluding hydrogens is 249 g/mol. The van der Waals surface area contributed by atoms with Gasteiger partial charge in [0.05, 0.1) is 5.02 Å². The van der Waals surface area contributed by atoms with E-state index in [1.165, 1.54) is 31.7 Å². The lowest BCUT2D eigenvalue weighted by Crippen LogP contribution is -2.31. The number of hydrogen-bond donors (Lipinski definition) is 1. The minimum absolute atomic E-state index is 0.141. The summed E-state index contributed by atoms with van der Waals surface area (Å²) < 4.78 is 13.4. The molecule has 0 spiro atoms. The molecule has 0 saturated heterocycles. The van der Waals surface area contributed by atoms with Gasteiger partial charge in [0.25, 0.3) is 0 Å². The summed E-state index contributed by atoms with van der Waals surface area (Å²) in [4.78, 5) is 0. The number of nitrogens with two attached hydrogens (primary N) is 1. The van der Waals surface area contributed by atoms with Crippen molar-refractivity contribution < 1.29 is 4.39 Å². The van der Waals surface area contributed by atoms with E-state index >= 15 is 0 Å². The molecule has 0 aliphatic heterocycles. The molecular formula is C15H21ClFN. The summed E-state index contributed by atoms with van der Waals surface area (Å²) in [7, 11) is 0. The van der Waals surface area contributed by atoms with Gasteiger partial charge in [-0.25, -0.2) is 4.39 Å². The van der Waals surface area contributed by atoms with Crippen LogP contribution in [0.2, 0.25) is 5.02 Å². The maximum Gasteiger partial charge on any atom is 0.142 e. The number of halogens is 2. The molecule has 3 heteroatoms. The average Bonchev–Trinajstić information content (AvgIpc) is 2.82. The quantitative estimate of drug-likeness (QED) is 0.872. The first-order valence-corrected chi connectivity index (χ1v) is 7.17. The second kappa shape index (κ2) is 6.03. The van der Waals surface area contributed by atoms with Crippen LogP contribution in [0.4, 0.5) is 4.39 Å². The van der Waals surface area contributed by atoms with Crippen molar-refractivity contribution in [1.29, 1.82) is 0 Å². The van der Waals surface area contributed by atoms with Crippen molar-refractivity contribution in [1.82, 2.24) is 0 Å². The van der Waals surface area contributed by atoms with Gasteiger partial charge in [-0.1, -0.05) is 37.4 Å². The maximum atomic E-state index is 13.4. The van der Waals surface area contributed by atoms with Crippen LogP contribution in [0.3, 0.4) is 0 Å². The second-order valence-electron chi connectivity index (χ2n) is 5.46. The fourth-order valence-corrected chi connectivity index (χ4v) is 3.10. The normalized spacial score (nSPS) is 25.3. The Labute approximate surface area is 114 Å². The van der Waals surface area contributed by atoms with Crippen molar-refractivity contribution in [3.63, 3.8) is 0 Å². The van der Waals surface area contributed by atoms with Crippen LogP contribution in [0.15, 0.2) is 18.2 Å². The minimum atomic E-state index is -0.348. The van der Waals surface area contributed by atoms with Gasteiger partial charge in [0.15, 0.2) is 0 Å². The lowest BCUT2D eigenvalue weighted by atomic mass is 9.91. The van der Waals surface area contributed by atoms with E-state index in [0.29, 0.717) is 5.92 Å². The van der Waals surface area contributed by atoms with E-state index in [1.54, 1.807) is 6.07 Å². The molecule has 3 atom stereocenters. The van der Waals surface area contributed by atoms with Gasteiger partial charge in [-0.15, -0.1) is 0 Å². The van der Waals surface area contributed by atoms with Crippen LogP contribution >= 0.6 is 11.6 Å². The summed E-state index contributed by atoms with van der Waals surface area (Å²) in [6.45, 7) is 2.24. The van der Waals surface area contributed by atoms with E-state index in [1.807, 2.05) is 6.07 Å². The zero-order chi connectivity index (χ0) is 13.1.